The number of hydrogen-bond acceptors (Lipinski definition) is 4. The molecule has 0 amide bonds. The average molecular weight is 282 g/mol. The van der Waals surface area contributed by atoms with Crippen LogP contribution in [0.2, 0.25) is 0 Å². The van der Waals surface area contributed by atoms with Crippen LogP contribution in [-0.2, 0) is 13.0 Å². The lowest BCUT2D eigenvalue weighted by Gasteiger charge is -2.30. The van der Waals surface area contributed by atoms with Gasteiger partial charge in [0.2, 0.25) is 0 Å². The van der Waals surface area contributed by atoms with E-state index < -0.39 is 0 Å². The summed E-state index contributed by atoms with van der Waals surface area (Å²) in [6.07, 6.45) is 7.23. The van der Waals surface area contributed by atoms with Crippen molar-refractivity contribution in [2.45, 2.75) is 32.7 Å². The molecule has 0 aliphatic carbocycles. The summed E-state index contributed by atoms with van der Waals surface area (Å²) >= 11 is 0. The first-order valence-electron chi connectivity index (χ1n) is 7.75. The number of nitrogens with one attached hydrogen (secondary N) is 1. The summed E-state index contributed by atoms with van der Waals surface area (Å²) in [6, 6.07) is 8.58. The summed E-state index contributed by atoms with van der Waals surface area (Å²) in [4.78, 5) is 11.4. The number of nitrogens with zero attached hydrogens (tertiary/aromatic N) is 3. The van der Waals surface area contributed by atoms with Gasteiger partial charge in [-0.1, -0.05) is 25.1 Å². The van der Waals surface area contributed by atoms with Gasteiger partial charge in [0.1, 0.15) is 0 Å². The van der Waals surface area contributed by atoms with Gasteiger partial charge in [-0.05, 0) is 37.4 Å². The van der Waals surface area contributed by atoms with E-state index >= 15 is 0 Å². The molecule has 21 heavy (non-hydrogen) atoms. The number of anilines is 2. The lowest BCUT2D eigenvalue weighted by Crippen LogP contribution is -2.25. The zero-order valence-electron chi connectivity index (χ0n) is 12.5. The van der Waals surface area contributed by atoms with E-state index in [1.54, 1.807) is 0 Å². The second kappa shape index (κ2) is 6.68. The molecule has 0 spiro atoms. The van der Waals surface area contributed by atoms with Crippen molar-refractivity contribution in [1.82, 2.24) is 15.3 Å². The maximum absolute atomic E-state index is 4.60. The number of benzene rings is 1. The summed E-state index contributed by atoms with van der Waals surface area (Å²) in [5, 5.41) is 3.35. The van der Waals surface area contributed by atoms with E-state index in [1.807, 2.05) is 12.4 Å². The molecule has 1 aliphatic heterocycles. The summed E-state index contributed by atoms with van der Waals surface area (Å²) < 4.78 is 0. The summed E-state index contributed by atoms with van der Waals surface area (Å²) in [6.45, 7) is 4.98. The van der Waals surface area contributed by atoms with Crippen LogP contribution in [0.3, 0.4) is 0 Å². The molecule has 0 saturated carbocycles. The molecular weight excluding hydrogens is 260 g/mol. The first kappa shape index (κ1) is 14.0. The Morgan fingerprint density at radius 3 is 2.90 bits per heavy atom. The molecular formula is C17H22N4. The van der Waals surface area contributed by atoms with Crippen LogP contribution in [0.4, 0.5) is 11.5 Å². The third-order valence-electron chi connectivity index (χ3n) is 3.81. The van der Waals surface area contributed by atoms with Gasteiger partial charge in [-0.3, -0.25) is 4.98 Å². The molecule has 0 saturated heterocycles. The van der Waals surface area contributed by atoms with Crippen molar-refractivity contribution < 1.29 is 0 Å². The van der Waals surface area contributed by atoms with E-state index in [4.69, 9.17) is 0 Å². The standard InChI is InChI=1S/C17H22N4/c1-2-9-18-11-15-12-20-17(13-19-15)21-10-5-7-14-6-3-4-8-16(14)21/h3-4,6,8,12-13,18H,2,5,7,9-11H2,1H3. The van der Waals surface area contributed by atoms with Crippen molar-refractivity contribution in [2.75, 3.05) is 18.0 Å². The molecule has 4 heteroatoms. The third kappa shape index (κ3) is 3.22. The number of fused-ring (bicyclic) bond motifs is 1. The van der Waals surface area contributed by atoms with Gasteiger partial charge in [0, 0.05) is 18.8 Å². The predicted octanol–water partition coefficient (Wildman–Crippen LogP) is 3.06. The second-order valence-electron chi connectivity index (χ2n) is 5.43. The Hall–Kier alpha value is -1.94. The van der Waals surface area contributed by atoms with E-state index in [1.165, 1.54) is 17.7 Å². The lowest BCUT2D eigenvalue weighted by molar-refractivity contribution is 0.661. The van der Waals surface area contributed by atoms with Gasteiger partial charge in [-0.15, -0.1) is 0 Å². The van der Waals surface area contributed by atoms with Crippen molar-refractivity contribution in [1.29, 1.82) is 0 Å². The fourth-order valence-electron chi connectivity index (χ4n) is 2.74. The molecule has 2 heterocycles. The average Bonchev–Trinajstić information content (AvgIpc) is 2.55. The van der Waals surface area contributed by atoms with Gasteiger partial charge in [0.25, 0.3) is 0 Å². The van der Waals surface area contributed by atoms with Gasteiger partial charge in [-0.25, -0.2) is 4.98 Å². The van der Waals surface area contributed by atoms with Crippen molar-refractivity contribution in [3.63, 3.8) is 0 Å². The number of aromatic nitrogens is 2. The smallest absolute Gasteiger partial charge is 0.151 e. The fourth-order valence-corrected chi connectivity index (χ4v) is 2.74. The van der Waals surface area contributed by atoms with Crippen molar-refractivity contribution in [2.24, 2.45) is 0 Å². The highest BCUT2D eigenvalue weighted by Crippen LogP contribution is 2.31. The monoisotopic (exact) mass is 282 g/mol. The normalized spacial score (nSPS) is 14.0. The van der Waals surface area contributed by atoms with Crippen LogP contribution >= 0.6 is 0 Å². The van der Waals surface area contributed by atoms with Gasteiger partial charge in [0.15, 0.2) is 5.82 Å². The predicted molar refractivity (Wildman–Crippen MR) is 85.8 cm³/mol. The quantitative estimate of drug-likeness (QED) is 0.856. The van der Waals surface area contributed by atoms with Gasteiger partial charge in [-0.2, -0.15) is 0 Å². The van der Waals surface area contributed by atoms with Crippen LogP contribution in [0.15, 0.2) is 36.7 Å². The minimum Gasteiger partial charge on any atom is -0.325 e. The molecule has 0 atom stereocenters. The molecule has 1 N–H and O–H groups in total. The molecule has 0 unspecified atom stereocenters. The topological polar surface area (TPSA) is 41.1 Å². The SMILES string of the molecule is CCCNCc1cnc(N2CCCc3ccccc32)cn1. The molecule has 4 nitrogen and oxygen atoms in total. The Kier molecular flexibility index (Phi) is 4.46. The number of hydrogen-bond donors (Lipinski definition) is 1. The van der Waals surface area contributed by atoms with Crippen LogP contribution in [0.5, 0.6) is 0 Å². The van der Waals surface area contributed by atoms with Crippen LogP contribution < -0.4 is 10.2 Å². The largest absolute Gasteiger partial charge is 0.325 e. The molecule has 3 rings (SSSR count). The van der Waals surface area contributed by atoms with Gasteiger partial charge < -0.3 is 10.2 Å². The highest BCUT2D eigenvalue weighted by molar-refractivity contribution is 5.64. The molecule has 1 aliphatic rings. The first-order chi connectivity index (χ1) is 10.4. The van der Waals surface area contributed by atoms with E-state index in [2.05, 4.69) is 51.4 Å². The van der Waals surface area contributed by atoms with Crippen LogP contribution in [0.25, 0.3) is 0 Å². The molecule has 2 aromatic rings. The van der Waals surface area contributed by atoms with Gasteiger partial charge >= 0.3 is 0 Å². The fraction of sp³-hybridized carbons (Fsp3) is 0.412. The molecule has 0 fully saturated rings. The minimum atomic E-state index is 0.789. The Balaban J connectivity index is 1.76. The maximum atomic E-state index is 4.60. The molecule has 110 valence electrons. The zero-order chi connectivity index (χ0) is 14.5. The summed E-state index contributed by atoms with van der Waals surface area (Å²) in [5.41, 5.74) is 3.67. The Morgan fingerprint density at radius 1 is 1.19 bits per heavy atom. The van der Waals surface area contributed by atoms with Crippen molar-refractivity contribution in [3.8, 4) is 0 Å². The summed E-state index contributed by atoms with van der Waals surface area (Å²) in [7, 11) is 0. The van der Waals surface area contributed by atoms with E-state index in [-0.39, 0.29) is 0 Å². The number of aryl methyl sites for hydroxylation is 1. The minimum absolute atomic E-state index is 0.789. The van der Waals surface area contributed by atoms with Gasteiger partial charge in [0.05, 0.1) is 18.1 Å². The van der Waals surface area contributed by atoms with Crippen LogP contribution in [0.1, 0.15) is 31.0 Å². The molecule has 0 bridgehead atoms. The Labute approximate surface area is 126 Å². The highest BCUT2D eigenvalue weighted by Gasteiger charge is 2.18. The Bertz CT molecular complexity index is 580. The Morgan fingerprint density at radius 2 is 2.10 bits per heavy atom. The third-order valence-corrected chi connectivity index (χ3v) is 3.81. The summed E-state index contributed by atoms with van der Waals surface area (Å²) in [5.74, 6) is 0.946. The maximum Gasteiger partial charge on any atom is 0.151 e. The first-order valence-corrected chi connectivity index (χ1v) is 7.75. The van der Waals surface area contributed by atoms with E-state index in [0.29, 0.717) is 0 Å². The van der Waals surface area contributed by atoms with Crippen LogP contribution in [-0.4, -0.2) is 23.1 Å². The van der Waals surface area contributed by atoms with Crippen LogP contribution in [0, 0.1) is 0 Å². The number of rotatable bonds is 5. The molecule has 1 aromatic carbocycles. The number of para-hydroxylation sites is 1. The molecule has 0 radical (unpaired) electrons. The zero-order valence-corrected chi connectivity index (χ0v) is 12.5. The van der Waals surface area contributed by atoms with Crippen molar-refractivity contribution in [3.05, 3.63) is 47.9 Å². The lowest BCUT2D eigenvalue weighted by atomic mass is 10.0. The van der Waals surface area contributed by atoms with E-state index in [0.717, 1.165) is 44.0 Å². The highest BCUT2D eigenvalue weighted by atomic mass is 15.2. The van der Waals surface area contributed by atoms with Crippen molar-refractivity contribution >= 4 is 11.5 Å². The molecule has 1 aromatic heterocycles. The van der Waals surface area contributed by atoms with E-state index in [9.17, 15) is 0 Å². The second-order valence-corrected chi connectivity index (χ2v) is 5.43.